The highest BCUT2D eigenvalue weighted by molar-refractivity contribution is 7.71. The molecule has 1 fully saturated rings. The molecule has 0 unspecified atom stereocenters. The van der Waals surface area contributed by atoms with Crippen molar-refractivity contribution in [2.45, 2.75) is 32.4 Å². The summed E-state index contributed by atoms with van der Waals surface area (Å²) in [6.07, 6.45) is 2.34. The average molecular weight is 423 g/mol. The molecule has 0 aliphatic carbocycles. The van der Waals surface area contributed by atoms with E-state index in [0.717, 1.165) is 41.6 Å². The minimum absolute atomic E-state index is 0.577. The predicted octanol–water partition coefficient (Wildman–Crippen LogP) is 3.74. The third-order valence-corrected chi connectivity index (χ3v) is 7.33. The van der Waals surface area contributed by atoms with Gasteiger partial charge in [0.25, 0.3) is 0 Å². The third-order valence-electron chi connectivity index (χ3n) is 5.74. The Morgan fingerprint density at radius 1 is 1.07 bits per heavy atom. The molecule has 1 aliphatic rings. The minimum Gasteiger partial charge on any atom is -0.316 e. The van der Waals surface area contributed by atoms with E-state index >= 15 is 0 Å². The van der Waals surface area contributed by atoms with Gasteiger partial charge in [-0.2, -0.15) is 9.78 Å². The SMILES string of the molecule is Cc1nn(C[NH+]2CCC(c3nc4ccccc4s3)CC2)c(=S)n1-c1ccccc1. The maximum absolute atomic E-state index is 5.74. The van der Waals surface area contributed by atoms with Gasteiger partial charge in [-0.25, -0.2) is 4.98 Å². The van der Waals surface area contributed by atoms with E-state index in [9.17, 15) is 0 Å². The Balaban J connectivity index is 1.28. The van der Waals surface area contributed by atoms with Crippen LogP contribution in [0, 0.1) is 11.7 Å². The van der Waals surface area contributed by atoms with Gasteiger partial charge >= 0.3 is 0 Å². The lowest BCUT2D eigenvalue weighted by Gasteiger charge is -2.27. The fraction of sp³-hybridized carbons (Fsp3) is 0.318. The molecule has 1 N–H and O–H groups in total. The number of quaternary nitrogens is 1. The zero-order chi connectivity index (χ0) is 19.8. The Kier molecular flexibility index (Phi) is 5.03. The molecule has 29 heavy (non-hydrogen) atoms. The van der Waals surface area contributed by atoms with Crippen LogP contribution < -0.4 is 4.90 Å². The van der Waals surface area contributed by atoms with Gasteiger partial charge in [-0.3, -0.25) is 4.57 Å². The number of fused-ring (bicyclic) bond motifs is 1. The average Bonchev–Trinajstić information content (AvgIpc) is 3.30. The summed E-state index contributed by atoms with van der Waals surface area (Å²) >= 11 is 7.60. The monoisotopic (exact) mass is 422 g/mol. The fourth-order valence-corrected chi connectivity index (χ4v) is 5.68. The number of rotatable bonds is 4. The molecule has 0 bridgehead atoms. The topological polar surface area (TPSA) is 40.1 Å². The first-order chi connectivity index (χ1) is 14.2. The number of likely N-dealkylation sites (tertiary alicyclic amines) is 1. The Morgan fingerprint density at radius 3 is 2.55 bits per heavy atom. The Hall–Kier alpha value is -2.35. The van der Waals surface area contributed by atoms with Gasteiger partial charge in [0.2, 0.25) is 4.77 Å². The molecule has 0 radical (unpaired) electrons. The van der Waals surface area contributed by atoms with Crippen LogP contribution in [0.4, 0.5) is 0 Å². The van der Waals surface area contributed by atoms with Crippen LogP contribution in [0.1, 0.15) is 29.6 Å². The molecular formula is C22H24N5S2+. The van der Waals surface area contributed by atoms with E-state index in [4.69, 9.17) is 22.3 Å². The zero-order valence-corrected chi connectivity index (χ0v) is 18.0. The quantitative estimate of drug-likeness (QED) is 0.509. The van der Waals surface area contributed by atoms with Gasteiger partial charge in [0, 0.05) is 24.4 Å². The van der Waals surface area contributed by atoms with Crippen molar-refractivity contribution in [2.75, 3.05) is 13.1 Å². The van der Waals surface area contributed by atoms with Crippen molar-refractivity contribution in [3.8, 4) is 5.69 Å². The number of aryl methyl sites for hydroxylation is 1. The highest BCUT2D eigenvalue weighted by atomic mass is 32.1. The molecule has 5 rings (SSSR count). The van der Waals surface area contributed by atoms with Crippen LogP contribution in [-0.2, 0) is 6.67 Å². The molecule has 5 nitrogen and oxygen atoms in total. The van der Waals surface area contributed by atoms with Gasteiger partial charge in [0.15, 0.2) is 6.67 Å². The van der Waals surface area contributed by atoms with Crippen molar-refractivity contribution in [1.29, 1.82) is 0 Å². The fourth-order valence-electron chi connectivity index (χ4n) is 4.20. The summed E-state index contributed by atoms with van der Waals surface area (Å²) in [6.45, 7) is 5.10. The second-order valence-corrected chi connectivity index (χ2v) is 9.13. The van der Waals surface area contributed by atoms with Crippen LogP contribution in [0.15, 0.2) is 54.6 Å². The number of hydrogen-bond donors (Lipinski definition) is 1. The number of aromatic nitrogens is 4. The van der Waals surface area contributed by atoms with E-state index in [1.54, 1.807) is 0 Å². The molecule has 7 heteroatoms. The third kappa shape index (κ3) is 3.66. The van der Waals surface area contributed by atoms with E-state index in [1.807, 2.05) is 41.1 Å². The molecule has 2 aromatic carbocycles. The number of nitrogens with one attached hydrogen (secondary N) is 1. The Bertz CT molecular complexity index is 1150. The van der Waals surface area contributed by atoms with Gasteiger partial charge in [0.1, 0.15) is 5.82 Å². The van der Waals surface area contributed by atoms with Crippen LogP contribution in [-0.4, -0.2) is 32.4 Å². The standard InChI is InChI=1S/C22H23N5S2/c1-16-24-26(22(28)27(16)18-7-3-2-4-8-18)15-25-13-11-17(12-14-25)21-23-19-9-5-6-10-20(19)29-21/h2-10,17H,11-15H2,1H3/p+1. The maximum Gasteiger partial charge on any atom is 0.207 e. The second kappa shape index (κ2) is 7.82. The molecule has 4 aromatic rings. The molecule has 2 aromatic heterocycles. The van der Waals surface area contributed by atoms with Crippen LogP contribution in [0.2, 0.25) is 0 Å². The number of nitrogens with zero attached hydrogens (tertiary/aromatic N) is 4. The molecule has 1 saturated heterocycles. The van der Waals surface area contributed by atoms with Crippen molar-refractivity contribution in [3.05, 3.63) is 70.2 Å². The van der Waals surface area contributed by atoms with Gasteiger partial charge in [-0.1, -0.05) is 30.3 Å². The van der Waals surface area contributed by atoms with Crippen LogP contribution in [0.25, 0.3) is 15.9 Å². The molecule has 148 valence electrons. The first kappa shape index (κ1) is 18.7. The smallest absolute Gasteiger partial charge is 0.207 e. The largest absolute Gasteiger partial charge is 0.316 e. The highest BCUT2D eigenvalue weighted by Gasteiger charge is 2.26. The van der Waals surface area contributed by atoms with Crippen molar-refractivity contribution in [2.24, 2.45) is 0 Å². The lowest BCUT2D eigenvalue weighted by atomic mass is 9.98. The van der Waals surface area contributed by atoms with E-state index in [-0.39, 0.29) is 0 Å². The summed E-state index contributed by atoms with van der Waals surface area (Å²) in [5, 5.41) is 6.03. The van der Waals surface area contributed by atoms with Gasteiger partial charge in [-0.15, -0.1) is 11.3 Å². The summed E-state index contributed by atoms with van der Waals surface area (Å²) in [5.41, 5.74) is 2.21. The molecule has 0 spiro atoms. The van der Waals surface area contributed by atoms with E-state index in [1.165, 1.54) is 27.4 Å². The number of para-hydroxylation sites is 2. The molecule has 0 amide bonds. The van der Waals surface area contributed by atoms with E-state index in [0.29, 0.717) is 5.92 Å². The molecule has 0 saturated carbocycles. The molecule has 0 atom stereocenters. The maximum atomic E-state index is 5.74. The molecular weight excluding hydrogens is 398 g/mol. The van der Waals surface area contributed by atoms with Crippen LogP contribution in [0.5, 0.6) is 0 Å². The zero-order valence-electron chi connectivity index (χ0n) is 16.4. The Morgan fingerprint density at radius 2 is 1.79 bits per heavy atom. The number of piperidine rings is 1. The lowest BCUT2D eigenvalue weighted by molar-refractivity contribution is -0.928. The van der Waals surface area contributed by atoms with Crippen LogP contribution >= 0.6 is 23.6 Å². The first-order valence-electron chi connectivity index (χ1n) is 10.1. The summed E-state index contributed by atoms with van der Waals surface area (Å²) in [7, 11) is 0. The summed E-state index contributed by atoms with van der Waals surface area (Å²) < 4.78 is 6.12. The summed E-state index contributed by atoms with van der Waals surface area (Å²) in [4.78, 5) is 6.42. The number of thiazole rings is 1. The highest BCUT2D eigenvalue weighted by Crippen LogP contribution is 2.31. The first-order valence-corrected chi connectivity index (χ1v) is 11.3. The summed E-state index contributed by atoms with van der Waals surface area (Å²) in [5.74, 6) is 1.51. The van der Waals surface area contributed by atoms with Gasteiger partial charge < -0.3 is 4.90 Å². The van der Waals surface area contributed by atoms with Crippen molar-refractivity contribution in [3.63, 3.8) is 0 Å². The minimum atomic E-state index is 0.577. The number of benzene rings is 2. The van der Waals surface area contributed by atoms with E-state index < -0.39 is 0 Å². The second-order valence-electron chi connectivity index (χ2n) is 7.70. The normalized spacial score (nSPS) is 19.6. The van der Waals surface area contributed by atoms with Gasteiger partial charge in [0.05, 0.1) is 28.3 Å². The number of hydrogen-bond acceptors (Lipinski definition) is 4. The lowest BCUT2D eigenvalue weighted by Crippen LogP contribution is -3.12. The predicted molar refractivity (Wildman–Crippen MR) is 119 cm³/mol. The van der Waals surface area contributed by atoms with Crippen molar-refractivity contribution in [1.82, 2.24) is 19.3 Å². The van der Waals surface area contributed by atoms with Crippen molar-refractivity contribution >= 4 is 33.8 Å². The van der Waals surface area contributed by atoms with Crippen LogP contribution in [0.3, 0.4) is 0 Å². The van der Waals surface area contributed by atoms with E-state index in [2.05, 4.69) is 41.0 Å². The van der Waals surface area contributed by atoms with Crippen molar-refractivity contribution < 1.29 is 4.90 Å². The Labute approximate surface area is 179 Å². The summed E-state index contributed by atoms with van der Waals surface area (Å²) in [6, 6.07) is 18.7. The molecule has 3 heterocycles. The molecule has 1 aliphatic heterocycles. The van der Waals surface area contributed by atoms with Gasteiger partial charge in [-0.05, 0) is 43.4 Å².